The Morgan fingerprint density at radius 3 is 2.00 bits per heavy atom. The van der Waals surface area contributed by atoms with Gasteiger partial charge in [0.05, 0.1) is 10.5 Å². The summed E-state index contributed by atoms with van der Waals surface area (Å²) in [6.07, 6.45) is 7.58. The van der Waals surface area contributed by atoms with Gasteiger partial charge >= 0.3 is 5.97 Å². The predicted molar refractivity (Wildman–Crippen MR) is 115 cm³/mol. The molecule has 7 heteroatoms. The Balaban J connectivity index is 1.25. The number of nitrogens with zero attached hydrogens (tertiary/aromatic N) is 1. The van der Waals surface area contributed by atoms with E-state index < -0.39 is 22.1 Å². The molecule has 0 N–H and O–H groups in total. The summed E-state index contributed by atoms with van der Waals surface area (Å²) in [5.41, 5.74) is -0.0344. The van der Waals surface area contributed by atoms with Crippen LogP contribution < -0.4 is 0 Å². The van der Waals surface area contributed by atoms with Crippen molar-refractivity contribution in [3.8, 4) is 0 Å². The number of carbonyl (C=O) groups is 2. The third-order valence-corrected chi connectivity index (χ3v) is 9.92. The number of hydrogen-bond acceptors (Lipinski definition) is 5. The molecule has 1 atom stereocenters. The molecule has 1 heterocycles. The molecule has 0 aromatic heterocycles. The summed E-state index contributed by atoms with van der Waals surface area (Å²) in [4.78, 5) is 26.2. The summed E-state index contributed by atoms with van der Waals surface area (Å²) in [5, 5.41) is 0. The van der Waals surface area contributed by atoms with Crippen LogP contribution in [0.4, 0.5) is 0 Å². The molecule has 4 aliphatic carbocycles. The van der Waals surface area contributed by atoms with Gasteiger partial charge in [-0.3, -0.25) is 4.79 Å². The molecular formula is C24H31NO5S. The highest BCUT2D eigenvalue weighted by molar-refractivity contribution is 7.89. The lowest BCUT2D eigenvalue weighted by atomic mass is 9.48. The topological polar surface area (TPSA) is 80.8 Å². The minimum Gasteiger partial charge on any atom is -0.451 e. The Bertz CT molecular complexity index is 942. The largest absolute Gasteiger partial charge is 0.451 e. The highest BCUT2D eigenvalue weighted by atomic mass is 32.2. The van der Waals surface area contributed by atoms with Crippen molar-refractivity contribution >= 4 is 21.8 Å². The van der Waals surface area contributed by atoms with E-state index in [9.17, 15) is 18.0 Å². The van der Waals surface area contributed by atoms with Crippen LogP contribution in [0.25, 0.3) is 0 Å². The van der Waals surface area contributed by atoms with E-state index in [4.69, 9.17) is 4.74 Å². The fourth-order valence-electron chi connectivity index (χ4n) is 6.97. The number of carbonyl (C=O) groups excluding carboxylic acids is 2. The van der Waals surface area contributed by atoms with Gasteiger partial charge in [0.2, 0.25) is 10.0 Å². The Labute approximate surface area is 184 Å². The summed E-state index contributed by atoms with van der Waals surface area (Å²) in [5.74, 6) is 1.47. The SMILES string of the molecule is C[C@H](OC(=O)c1ccc(S(=O)(=O)N2CCCC2)cc1)C(=O)C12CC3CC(CC(C3)C1)C2. The zero-order valence-corrected chi connectivity index (χ0v) is 18.9. The second kappa shape index (κ2) is 7.69. The second-order valence-electron chi connectivity index (χ2n) is 10.2. The molecule has 1 aromatic carbocycles. The lowest BCUT2D eigenvalue weighted by Crippen LogP contribution is -2.52. The molecular weight excluding hydrogens is 414 g/mol. The molecule has 0 spiro atoms. The van der Waals surface area contributed by atoms with E-state index in [0.29, 0.717) is 30.8 Å². The molecule has 0 unspecified atom stereocenters. The standard InChI is InChI=1S/C24H31NO5S/c1-16(22(26)24-13-17-10-18(14-24)12-19(11-17)15-24)30-23(27)20-4-6-21(7-5-20)31(28,29)25-8-2-3-9-25/h4-7,16-19H,2-3,8-15H2,1H3/t16-,17?,18?,19?,24?/m0/s1. The van der Waals surface area contributed by atoms with Gasteiger partial charge in [-0.05, 0) is 100 Å². The third-order valence-electron chi connectivity index (χ3n) is 8.01. The lowest BCUT2D eigenvalue weighted by Gasteiger charge is -2.56. The Kier molecular flexibility index (Phi) is 5.25. The number of esters is 1. The highest BCUT2D eigenvalue weighted by Crippen LogP contribution is 2.60. The zero-order chi connectivity index (χ0) is 21.8. The molecule has 4 bridgehead atoms. The van der Waals surface area contributed by atoms with Gasteiger partial charge in [0.15, 0.2) is 11.9 Å². The van der Waals surface area contributed by atoms with E-state index in [2.05, 4.69) is 0 Å². The first-order chi connectivity index (χ1) is 14.8. The molecule has 1 saturated heterocycles. The van der Waals surface area contributed by atoms with E-state index >= 15 is 0 Å². The van der Waals surface area contributed by atoms with Gasteiger partial charge in [0.1, 0.15) is 0 Å². The van der Waals surface area contributed by atoms with Crippen LogP contribution >= 0.6 is 0 Å². The summed E-state index contributed by atoms with van der Waals surface area (Å²) in [6, 6.07) is 5.87. The quantitative estimate of drug-likeness (QED) is 0.622. The molecule has 31 heavy (non-hydrogen) atoms. The van der Waals surface area contributed by atoms with Crippen molar-refractivity contribution < 1.29 is 22.7 Å². The summed E-state index contributed by atoms with van der Waals surface area (Å²) < 4.78 is 32.4. The van der Waals surface area contributed by atoms with Gasteiger partial charge in [-0.2, -0.15) is 4.31 Å². The van der Waals surface area contributed by atoms with E-state index in [0.717, 1.165) is 32.1 Å². The third kappa shape index (κ3) is 3.74. The molecule has 1 aromatic rings. The van der Waals surface area contributed by atoms with Crippen molar-refractivity contribution in [3.05, 3.63) is 29.8 Å². The van der Waals surface area contributed by atoms with Crippen molar-refractivity contribution in [1.82, 2.24) is 4.31 Å². The van der Waals surface area contributed by atoms with Crippen LogP contribution in [0.5, 0.6) is 0 Å². The zero-order valence-electron chi connectivity index (χ0n) is 18.1. The Hall–Kier alpha value is -1.73. The van der Waals surface area contributed by atoms with Crippen molar-refractivity contribution in [2.45, 2.75) is 69.3 Å². The molecule has 6 rings (SSSR count). The van der Waals surface area contributed by atoms with Crippen LogP contribution in [0.15, 0.2) is 29.2 Å². The normalized spacial score (nSPS) is 33.4. The van der Waals surface area contributed by atoms with Gasteiger partial charge in [-0.15, -0.1) is 0 Å². The number of hydrogen-bond donors (Lipinski definition) is 0. The molecule has 168 valence electrons. The molecule has 0 radical (unpaired) electrons. The average molecular weight is 446 g/mol. The molecule has 6 nitrogen and oxygen atoms in total. The number of ketones is 1. The van der Waals surface area contributed by atoms with E-state index in [1.807, 2.05) is 0 Å². The number of ether oxygens (including phenoxy) is 1. The van der Waals surface area contributed by atoms with Gasteiger partial charge in [-0.1, -0.05) is 0 Å². The number of Topliss-reactive ketones (excluding diaryl/α,β-unsaturated/α-hetero) is 1. The monoisotopic (exact) mass is 445 g/mol. The maximum absolute atomic E-state index is 13.3. The molecule has 5 aliphatic rings. The molecule has 5 fully saturated rings. The molecule has 4 saturated carbocycles. The maximum Gasteiger partial charge on any atom is 0.338 e. The lowest BCUT2D eigenvalue weighted by molar-refractivity contribution is -0.152. The van der Waals surface area contributed by atoms with Crippen LogP contribution in [0.3, 0.4) is 0 Å². The summed E-state index contributed by atoms with van der Waals surface area (Å²) in [7, 11) is -3.52. The number of sulfonamides is 1. The first-order valence-corrected chi connectivity index (χ1v) is 13.1. The van der Waals surface area contributed by atoms with Crippen molar-refractivity contribution in [1.29, 1.82) is 0 Å². The maximum atomic E-state index is 13.3. The Morgan fingerprint density at radius 2 is 1.48 bits per heavy atom. The highest BCUT2D eigenvalue weighted by Gasteiger charge is 2.55. The number of benzene rings is 1. The minimum atomic E-state index is -3.52. The number of rotatable bonds is 6. The smallest absolute Gasteiger partial charge is 0.338 e. The summed E-state index contributed by atoms with van der Waals surface area (Å²) in [6.45, 7) is 2.76. The van der Waals surface area contributed by atoms with Crippen LogP contribution in [0.2, 0.25) is 0 Å². The van der Waals surface area contributed by atoms with Crippen molar-refractivity contribution in [2.24, 2.45) is 23.2 Å². The first-order valence-electron chi connectivity index (χ1n) is 11.6. The second-order valence-corrected chi connectivity index (χ2v) is 12.2. The first kappa shape index (κ1) is 21.1. The van der Waals surface area contributed by atoms with E-state index in [-0.39, 0.29) is 21.7 Å². The van der Waals surface area contributed by atoms with Crippen LogP contribution in [-0.4, -0.2) is 43.7 Å². The minimum absolute atomic E-state index is 0.0770. The van der Waals surface area contributed by atoms with Gasteiger partial charge in [0.25, 0.3) is 0 Å². The molecule has 0 amide bonds. The van der Waals surface area contributed by atoms with Gasteiger partial charge in [0, 0.05) is 18.5 Å². The van der Waals surface area contributed by atoms with E-state index in [1.54, 1.807) is 6.92 Å². The van der Waals surface area contributed by atoms with Crippen molar-refractivity contribution in [3.63, 3.8) is 0 Å². The van der Waals surface area contributed by atoms with Gasteiger partial charge in [-0.25, -0.2) is 13.2 Å². The predicted octanol–water partition coefficient (Wildman–Crippen LogP) is 3.80. The van der Waals surface area contributed by atoms with Crippen LogP contribution in [-0.2, 0) is 19.6 Å². The fraction of sp³-hybridized carbons (Fsp3) is 0.667. The summed E-state index contributed by atoms with van der Waals surface area (Å²) >= 11 is 0. The van der Waals surface area contributed by atoms with E-state index in [1.165, 1.54) is 47.8 Å². The van der Waals surface area contributed by atoms with Crippen molar-refractivity contribution in [2.75, 3.05) is 13.1 Å². The van der Waals surface area contributed by atoms with Gasteiger partial charge < -0.3 is 4.74 Å². The molecule has 1 aliphatic heterocycles. The average Bonchev–Trinajstić information content (AvgIpc) is 3.28. The van der Waals surface area contributed by atoms with Crippen LogP contribution in [0, 0.1) is 23.2 Å². The fourth-order valence-corrected chi connectivity index (χ4v) is 8.48. The Morgan fingerprint density at radius 1 is 0.968 bits per heavy atom. The van der Waals surface area contributed by atoms with Crippen LogP contribution in [0.1, 0.15) is 68.6 Å².